The van der Waals surface area contributed by atoms with E-state index in [0.29, 0.717) is 29.5 Å². The SMILES string of the molecule is Cc1cccc(-n2c(SCC(=O)N[C@H](C)CCc3ccccc3)nc3sc4c(c3c2=O)C[C@H](C(C)C)OC4)c1. The molecule has 1 aliphatic heterocycles. The van der Waals surface area contributed by atoms with E-state index in [9.17, 15) is 9.59 Å². The first-order valence-corrected chi connectivity index (χ1v) is 15.3. The van der Waals surface area contributed by atoms with Gasteiger partial charge in [-0.3, -0.25) is 14.2 Å². The molecule has 39 heavy (non-hydrogen) atoms. The summed E-state index contributed by atoms with van der Waals surface area (Å²) in [5, 5.41) is 4.33. The predicted molar refractivity (Wildman–Crippen MR) is 160 cm³/mol. The minimum absolute atomic E-state index is 0.0469. The van der Waals surface area contributed by atoms with Crippen LogP contribution in [0.3, 0.4) is 0 Å². The molecule has 0 aliphatic carbocycles. The van der Waals surface area contributed by atoms with E-state index in [2.05, 4.69) is 31.3 Å². The van der Waals surface area contributed by atoms with Crippen LogP contribution in [-0.2, 0) is 29.0 Å². The lowest BCUT2D eigenvalue weighted by atomic mass is 9.96. The van der Waals surface area contributed by atoms with Crippen LogP contribution in [0, 0.1) is 12.8 Å². The minimum Gasteiger partial charge on any atom is -0.372 e. The van der Waals surface area contributed by atoms with Crippen LogP contribution in [0.15, 0.2) is 64.5 Å². The number of ether oxygens (including phenoxy) is 1. The van der Waals surface area contributed by atoms with E-state index in [0.717, 1.165) is 39.4 Å². The van der Waals surface area contributed by atoms with Crippen LogP contribution in [0.2, 0.25) is 0 Å². The average molecular weight is 562 g/mol. The van der Waals surface area contributed by atoms with Crippen molar-refractivity contribution in [2.24, 2.45) is 5.92 Å². The highest BCUT2D eigenvalue weighted by Crippen LogP contribution is 2.36. The fourth-order valence-corrected chi connectivity index (χ4v) is 6.96. The Morgan fingerprint density at radius 2 is 1.97 bits per heavy atom. The summed E-state index contributed by atoms with van der Waals surface area (Å²) in [7, 11) is 0. The van der Waals surface area contributed by atoms with Crippen molar-refractivity contribution in [3.63, 3.8) is 0 Å². The number of benzene rings is 2. The zero-order chi connectivity index (χ0) is 27.5. The molecular weight excluding hydrogens is 526 g/mol. The number of thioether (sulfide) groups is 1. The van der Waals surface area contributed by atoms with Crippen LogP contribution in [-0.4, -0.2) is 33.4 Å². The smallest absolute Gasteiger partial charge is 0.267 e. The number of thiophene rings is 1. The van der Waals surface area contributed by atoms with Crippen LogP contribution < -0.4 is 10.9 Å². The predicted octanol–water partition coefficient (Wildman–Crippen LogP) is 6.08. The van der Waals surface area contributed by atoms with Gasteiger partial charge in [0.1, 0.15) is 4.83 Å². The molecule has 6 nitrogen and oxygen atoms in total. The van der Waals surface area contributed by atoms with Gasteiger partial charge in [0.2, 0.25) is 5.91 Å². The summed E-state index contributed by atoms with van der Waals surface area (Å²) in [6, 6.07) is 18.2. The van der Waals surface area contributed by atoms with Gasteiger partial charge in [0, 0.05) is 17.3 Å². The van der Waals surface area contributed by atoms with E-state index in [1.165, 1.54) is 28.7 Å². The number of aromatic nitrogens is 2. The second kappa shape index (κ2) is 12.1. The molecular formula is C31H35N3O3S2. The van der Waals surface area contributed by atoms with Crippen LogP contribution >= 0.6 is 23.1 Å². The van der Waals surface area contributed by atoms with Gasteiger partial charge in [-0.25, -0.2) is 4.98 Å². The molecule has 5 rings (SSSR count). The van der Waals surface area contributed by atoms with Crippen molar-refractivity contribution in [1.82, 2.24) is 14.9 Å². The topological polar surface area (TPSA) is 73.2 Å². The molecule has 0 saturated heterocycles. The Bertz CT molecular complexity index is 1530. The number of carbonyl (C=O) groups is 1. The first-order chi connectivity index (χ1) is 18.8. The van der Waals surface area contributed by atoms with Gasteiger partial charge in [-0.15, -0.1) is 11.3 Å². The van der Waals surface area contributed by atoms with Crippen molar-refractivity contribution in [1.29, 1.82) is 0 Å². The lowest BCUT2D eigenvalue weighted by molar-refractivity contribution is -0.119. The second-order valence-corrected chi connectivity index (χ2v) is 12.7. The zero-order valence-electron chi connectivity index (χ0n) is 22.9. The molecule has 0 radical (unpaired) electrons. The first kappa shape index (κ1) is 27.6. The molecule has 0 bridgehead atoms. The molecule has 0 unspecified atom stereocenters. The third-order valence-corrected chi connectivity index (χ3v) is 9.20. The van der Waals surface area contributed by atoms with Crippen molar-refractivity contribution < 1.29 is 9.53 Å². The maximum absolute atomic E-state index is 14.1. The Hall–Kier alpha value is -2.94. The lowest BCUT2D eigenvalue weighted by Gasteiger charge is -2.26. The Morgan fingerprint density at radius 1 is 1.18 bits per heavy atom. The molecule has 1 aliphatic rings. The molecule has 204 valence electrons. The molecule has 1 amide bonds. The number of nitrogens with zero attached hydrogens (tertiary/aromatic N) is 2. The Balaban J connectivity index is 1.40. The van der Waals surface area contributed by atoms with E-state index in [-0.39, 0.29) is 29.4 Å². The number of nitrogens with one attached hydrogen (secondary N) is 1. The standard InChI is InChI=1S/C31H35N3O3S2/c1-19(2)25-16-24-26(17-37-25)39-29-28(24)30(36)34(23-12-8-9-20(3)15-23)31(33-29)38-18-27(35)32-21(4)13-14-22-10-6-5-7-11-22/h5-12,15,19,21,25H,13-14,16-18H2,1-4H3,(H,32,35)/t21-,25-/m1/s1. The Kier molecular flexibility index (Phi) is 8.54. The van der Waals surface area contributed by atoms with Crippen LogP contribution in [0.5, 0.6) is 0 Å². The summed E-state index contributed by atoms with van der Waals surface area (Å²) in [4.78, 5) is 33.7. The van der Waals surface area contributed by atoms with Crippen molar-refractivity contribution in [3.05, 3.63) is 86.5 Å². The van der Waals surface area contributed by atoms with Gasteiger partial charge >= 0.3 is 0 Å². The van der Waals surface area contributed by atoms with Crippen molar-refractivity contribution in [2.45, 2.75) is 70.9 Å². The number of hydrogen-bond acceptors (Lipinski definition) is 6. The summed E-state index contributed by atoms with van der Waals surface area (Å²) < 4.78 is 7.76. The molecule has 0 fully saturated rings. The van der Waals surface area contributed by atoms with Gasteiger partial charge in [-0.2, -0.15) is 0 Å². The largest absolute Gasteiger partial charge is 0.372 e. The third-order valence-electron chi connectivity index (χ3n) is 7.16. The van der Waals surface area contributed by atoms with Gasteiger partial charge in [0.25, 0.3) is 5.56 Å². The van der Waals surface area contributed by atoms with Crippen LogP contribution in [0.1, 0.15) is 48.8 Å². The highest BCUT2D eigenvalue weighted by molar-refractivity contribution is 7.99. The Labute approximate surface area is 237 Å². The quantitative estimate of drug-likeness (QED) is 0.198. The highest BCUT2D eigenvalue weighted by atomic mass is 32.2. The molecule has 0 saturated carbocycles. The number of hydrogen-bond donors (Lipinski definition) is 1. The number of carbonyl (C=O) groups excluding carboxylic acids is 1. The van der Waals surface area contributed by atoms with Gasteiger partial charge in [0.15, 0.2) is 5.16 Å². The average Bonchev–Trinajstić information content (AvgIpc) is 3.29. The van der Waals surface area contributed by atoms with Crippen molar-refractivity contribution >= 4 is 39.2 Å². The maximum Gasteiger partial charge on any atom is 0.267 e. The molecule has 2 aromatic heterocycles. The molecule has 3 heterocycles. The number of aryl methyl sites for hydroxylation is 2. The van der Waals surface area contributed by atoms with E-state index in [1.807, 2.05) is 56.3 Å². The summed E-state index contributed by atoms with van der Waals surface area (Å²) >= 11 is 2.84. The Morgan fingerprint density at radius 3 is 2.72 bits per heavy atom. The fourth-order valence-electron chi connectivity index (χ4n) is 4.97. The van der Waals surface area contributed by atoms with E-state index in [4.69, 9.17) is 9.72 Å². The number of rotatable bonds is 9. The normalized spacial score (nSPS) is 15.9. The fraction of sp³-hybridized carbons (Fsp3) is 0.387. The van der Waals surface area contributed by atoms with Crippen LogP contribution in [0.4, 0.5) is 0 Å². The third kappa shape index (κ3) is 6.29. The second-order valence-electron chi connectivity index (χ2n) is 10.6. The van der Waals surface area contributed by atoms with Gasteiger partial charge in [0.05, 0.1) is 29.5 Å². The van der Waals surface area contributed by atoms with E-state index in [1.54, 1.807) is 4.57 Å². The summed E-state index contributed by atoms with van der Waals surface area (Å²) in [5.41, 5.74) is 4.07. The zero-order valence-corrected chi connectivity index (χ0v) is 24.5. The summed E-state index contributed by atoms with van der Waals surface area (Å²) in [5.74, 6) is 0.483. The first-order valence-electron chi connectivity index (χ1n) is 13.5. The number of amides is 1. The van der Waals surface area contributed by atoms with Crippen molar-refractivity contribution in [2.75, 3.05) is 5.75 Å². The molecule has 0 spiro atoms. The van der Waals surface area contributed by atoms with Gasteiger partial charge < -0.3 is 10.1 Å². The van der Waals surface area contributed by atoms with Gasteiger partial charge in [-0.05, 0) is 61.4 Å². The molecule has 4 aromatic rings. The van der Waals surface area contributed by atoms with Crippen LogP contribution in [0.25, 0.3) is 15.9 Å². The molecule has 2 atom stereocenters. The minimum atomic E-state index is -0.0772. The monoisotopic (exact) mass is 561 g/mol. The summed E-state index contributed by atoms with van der Waals surface area (Å²) in [6.07, 6.45) is 2.57. The van der Waals surface area contributed by atoms with Gasteiger partial charge in [-0.1, -0.05) is 68.1 Å². The maximum atomic E-state index is 14.1. The van der Waals surface area contributed by atoms with E-state index >= 15 is 0 Å². The molecule has 8 heteroatoms. The molecule has 2 aromatic carbocycles. The lowest BCUT2D eigenvalue weighted by Crippen LogP contribution is -2.34. The van der Waals surface area contributed by atoms with Crippen molar-refractivity contribution in [3.8, 4) is 5.69 Å². The van der Waals surface area contributed by atoms with E-state index < -0.39 is 0 Å². The highest BCUT2D eigenvalue weighted by Gasteiger charge is 2.29. The molecule has 1 N–H and O–H groups in total. The summed E-state index contributed by atoms with van der Waals surface area (Å²) in [6.45, 7) is 8.84. The number of fused-ring (bicyclic) bond motifs is 3.